The summed E-state index contributed by atoms with van der Waals surface area (Å²) in [7, 11) is -3.83. The zero-order valence-electron chi connectivity index (χ0n) is 12.5. The van der Waals surface area contributed by atoms with Crippen LogP contribution in [0.4, 0.5) is 0 Å². The van der Waals surface area contributed by atoms with Crippen molar-refractivity contribution >= 4 is 16.0 Å². The highest BCUT2D eigenvalue weighted by Crippen LogP contribution is 2.18. The maximum atomic E-state index is 12.5. The predicted molar refractivity (Wildman–Crippen MR) is 80.5 cm³/mol. The van der Waals surface area contributed by atoms with Gasteiger partial charge in [0, 0.05) is 13.0 Å². The van der Waals surface area contributed by atoms with Crippen molar-refractivity contribution in [2.45, 2.75) is 37.8 Å². The Bertz CT molecular complexity index is 873. The summed E-state index contributed by atoms with van der Waals surface area (Å²) in [4.78, 5) is 11.0. The van der Waals surface area contributed by atoms with Crippen molar-refractivity contribution in [2.75, 3.05) is 0 Å². The molecule has 23 heavy (non-hydrogen) atoms. The van der Waals surface area contributed by atoms with Gasteiger partial charge in [0.25, 0.3) is 0 Å². The van der Waals surface area contributed by atoms with Gasteiger partial charge in [0.15, 0.2) is 0 Å². The Morgan fingerprint density at radius 1 is 1.39 bits per heavy atom. The van der Waals surface area contributed by atoms with Gasteiger partial charge in [0.1, 0.15) is 11.6 Å². The average Bonchev–Trinajstić information content (AvgIpc) is 3.08. The van der Waals surface area contributed by atoms with Crippen molar-refractivity contribution in [1.82, 2.24) is 19.5 Å². The van der Waals surface area contributed by atoms with Crippen LogP contribution in [0.3, 0.4) is 0 Å². The average molecular weight is 336 g/mol. The fourth-order valence-electron chi connectivity index (χ4n) is 2.60. The number of rotatable bonds is 5. The van der Waals surface area contributed by atoms with Crippen LogP contribution in [0.25, 0.3) is 0 Å². The van der Waals surface area contributed by atoms with Gasteiger partial charge in [-0.1, -0.05) is 6.07 Å². The number of aromatic nitrogens is 3. The number of sulfonamides is 1. The van der Waals surface area contributed by atoms with E-state index in [4.69, 9.17) is 5.11 Å². The Morgan fingerprint density at radius 3 is 2.91 bits per heavy atom. The topological polar surface area (TPSA) is 114 Å². The number of benzene rings is 1. The Labute approximate surface area is 133 Å². The molecule has 0 saturated heterocycles. The molecule has 1 aromatic carbocycles. The highest BCUT2D eigenvalue weighted by molar-refractivity contribution is 7.89. The first kappa shape index (κ1) is 15.6. The first-order chi connectivity index (χ1) is 10.9. The van der Waals surface area contributed by atoms with E-state index in [9.17, 15) is 13.2 Å². The molecule has 122 valence electrons. The molecule has 2 N–H and O–H groups in total. The minimum atomic E-state index is -3.83. The van der Waals surface area contributed by atoms with Gasteiger partial charge in [0.05, 0.1) is 17.0 Å². The Balaban J connectivity index is 1.84. The van der Waals surface area contributed by atoms with E-state index in [1.807, 2.05) is 4.57 Å². The summed E-state index contributed by atoms with van der Waals surface area (Å²) < 4.78 is 29.3. The van der Waals surface area contributed by atoms with Crippen molar-refractivity contribution in [3.05, 3.63) is 41.0 Å². The molecule has 0 saturated carbocycles. The number of nitrogens with zero attached hydrogens (tertiary/aromatic N) is 3. The summed E-state index contributed by atoms with van der Waals surface area (Å²) >= 11 is 0. The van der Waals surface area contributed by atoms with E-state index >= 15 is 0 Å². The fourth-order valence-corrected chi connectivity index (χ4v) is 3.85. The number of aromatic carboxylic acids is 1. The molecular weight excluding hydrogens is 320 g/mol. The lowest BCUT2D eigenvalue weighted by atomic mass is 10.1. The number of fused-ring (bicyclic) bond motifs is 1. The molecule has 2 aromatic rings. The maximum absolute atomic E-state index is 12.5. The van der Waals surface area contributed by atoms with Gasteiger partial charge < -0.3 is 9.67 Å². The van der Waals surface area contributed by atoms with Crippen LogP contribution in [-0.2, 0) is 29.5 Å². The van der Waals surface area contributed by atoms with Crippen molar-refractivity contribution in [1.29, 1.82) is 0 Å². The molecule has 0 radical (unpaired) electrons. The molecule has 0 amide bonds. The molecule has 2 heterocycles. The van der Waals surface area contributed by atoms with Crippen LogP contribution in [-0.4, -0.2) is 34.3 Å². The monoisotopic (exact) mass is 336 g/mol. The number of carboxylic acid groups (broad SMARTS) is 1. The summed E-state index contributed by atoms with van der Waals surface area (Å²) in [5.41, 5.74) is 0.410. The predicted octanol–water partition coefficient (Wildman–Crippen LogP) is 0.709. The summed E-state index contributed by atoms with van der Waals surface area (Å²) in [5.74, 6) is 0.257. The molecule has 0 bridgehead atoms. The third kappa shape index (κ3) is 2.97. The molecular formula is C14H16N4O4S. The second-order valence-corrected chi connectivity index (χ2v) is 7.13. The van der Waals surface area contributed by atoms with E-state index < -0.39 is 16.0 Å². The van der Waals surface area contributed by atoms with Crippen LogP contribution in [0, 0.1) is 6.92 Å². The van der Waals surface area contributed by atoms with Crippen LogP contribution in [0.15, 0.2) is 23.1 Å². The lowest BCUT2D eigenvalue weighted by Crippen LogP contribution is -2.26. The molecule has 0 atom stereocenters. The Kier molecular flexibility index (Phi) is 3.90. The van der Waals surface area contributed by atoms with Crippen molar-refractivity contribution in [3.63, 3.8) is 0 Å². The van der Waals surface area contributed by atoms with Crippen molar-refractivity contribution in [3.8, 4) is 0 Å². The molecule has 0 unspecified atom stereocenters. The van der Waals surface area contributed by atoms with E-state index in [1.165, 1.54) is 12.1 Å². The van der Waals surface area contributed by atoms with Gasteiger partial charge in [0.2, 0.25) is 10.0 Å². The minimum Gasteiger partial charge on any atom is -0.478 e. The largest absolute Gasteiger partial charge is 0.478 e. The van der Waals surface area contributed by atoms with Crippen LogP contribution in [0.5, 0.6) is 0 Å². The lowest BCUT2D eigenvalue weighted by molar-refractivity contribution is 0.0696. The zero-order chi connectivity index (χ0) is 16.6. The fraction of sp³-hybridized carbons (Fsp3) is 0.357. The quantitative estimate of drug-likeness (QED) is 0.831. The number of nitrogens with one attached hydrogen (secondary N) is 1. The standard InChI is InChI=1S/C14H16N4O4S/c1-9-4-5-10(14(19)20)7-11(9)23(21,22)15-8-13-17-16-12-3-2-6-18(12)13/h4-5,7,15H,2-3,6,8H2,1H3,(H,19,20). The summed E-state index contributed by atoms with van der Waals surface area (Å²) in [5, 5.41) is 17.0. The van der Waals surface area contributed by atoms with E-state index in [0.717, 1.165) is 31.3 Å². The molecule has 1 aliphatic rings. The van der Waals surface area contributed by atoms with Crippen molar-refractivity contribution < 1.29 is 18.3 Å². The highest BCUT2D eigenvalue weighted by atomic mass is 32.2. The molecule has 8 nitrogen and oxygen atoms in total. The number of hydrogen-bond acceptors (Lipinski definition) is 5. The molecule has 9 heteroatoms. The highest BCUT2D eigenvalue weighted by Gasteiger charge is 2.22. The zero-order valence-corrected chi connectivity index (χ0v) is 13.3. The molecule has 0 fully saturated rings. The smallest absolute Gasteiger partial charge is 0.335 e. The van der Waals surface area contributed by atoms with Crippen LogP contribution >= 0.6 is 0 Å². The minimum absolute atomic E-state index is 0.0199. The summed E-state index contributed by atoms with van der Waals surface area (Å²) in [6, 6.07) is 4.02. The van der Waals surface area contributed by atoms with E-state index in [-0.39, 0.29) is 17.0 Å². The van der Waals surface area contributed by atoms with Gasteiger partial charge in [-0.05, 0) is 31.0 Å². The van der Waals surface area contributed by atoms with E-state index in [1.54, 1.807) is 6.92 Å². The van der Waals surface area contributed by atoms with Crippen LogP contribution < -0.4 is 4.72 Å². The Morgan fingerprint density at radius 2 is 2.17 bits per heavy atom. The third-order valence-electron chi connectivity index (χ3n) is 3.83. The normalized spacial score (nSPS) is 14.0. The van der Waals surface area contributed by atoms with Gasteiger partial charge in [-0.3, -0.25) is 0 Å². The van der Waals surface area contributed by atoms with Crippen molar-refractivity contribution in [2.24, 2.45) is 0 Å². The molecule has 3 rings (SSSR count). The second-order valence-electron chi connectivity index (χ2n) is 5.40. The third-order valence-corrected chi connectivity index (χ3v) is 5.37. The van der Waals surface area contributed by atoms with Crippen LogP contribution in [0.2, 0.25) is 0 Å². The SMILES string of the molecule is Cc1ccc(C(=O)O)cc1S(=O)(=O)NCc1nnc2n1CCC2. The summed E-state index contributed by atoms with van der Waals surface area (Å²) in [6.07, 6.45) is 1.82. The van der Waals surface area contributed by atoms with Crippen LogP contribution in [0.1, 0.15) is 34.0 Å². The van der Waals surface area contributed by atoms with Gasteiger partial charge in [-0.15, -0.1) is 10.2 Å². The van der Waals surface area contributed by atoms with E-state index in [2.05, 4.69) is 14.9 Å². The van der Waals surface area contributed by atoms with E-state index in [0.29, 0.717) is 11.4 Å². The number of aryl methyl sites for hydroxylation is 2. The Hall–Kier alpha value is -2.26. The molecule has 1 aromatic heterocycles. The second kappa shape index (κ2) is 5.74. The van der Waals surface area contributed by atoms with Gasteiger partial charge >= 0.3 is 5.97 Å². The summed E-state index contributed by atoms with van der Waals surface area (Å²) in [6.45, 7) is 2.42. The maximum Gasteiger partial charge on any atom is 0.335 e. The first-order valence-electron chi connectivity index (χ1n) is 7.13. The van der Waals surface area contributed by atoms with Gasteiger partial charge in [-0.25, -0.2) is 17.9 Å². The molecule has 1 aliphatic heterocycles. The first-order valence-corrected chi connectivity index (χ1v) is 8.61. The number of carboxylic acids is 1. The van der Waals surface area contributed by atoms with Gasteiger partial charge in [-0.2, -0.15) is 0 Å². The lowest BCUT2D eigenvalue weighted by Gasteiger charge is -2.10. The molecule has 0 spiro atoms. The molecule has 0 aliphatic carbocycles. The number of hydrogen-bond donors (Lipinski definition) is 2. The number of carbonyl (C=O) groups is 1.